The molecular weight excluding hydrogens is 367 g/mol. The van der Waals surface area contributed by atoms with Gasteiger partial charge in [0.25, 0.3) is 5.91 Å². The summed E-state index contributed by atoms with van der Waals surface area (Å²) >= 11 is 8.08. The lowest BCUT2D eigenvalue weighted by Gasteiger charge is -2.04. The smallest absolute Gasteiger partial charge is 0.251 e. The first-order chi connectivity index (χ1) is 8.56. The van der Waals surface area contributed by atoms with Gasteiger partial charge in [-0.1, -0.05) is 16.8 Å². The number of carbonyl (C=O) groups excluding carboxylic acids is 1. The molecule has 0 spiro atoms. The fraction of sp³-hybridized carbons (Fsp3) is 0.167. The van der Waals surface area contributed by atoms with Crippen molar-refractivity contribution in [2.24, 2.45) is 0 Å². The van der Waals surface area contributed by atoms with Crippen molar-refractivity contribution >= 4 is 40.1 Å². The lowest BCUT2D eigenvalue weighted by molar-refractivity contribution is 0.0950. The van der Waals surface area contributed by atoms with Gasteiger partial charge in [0.05, 0.1) is 11.6 Å². The number of carbonyl (C=O) groups is 1. The number of hydrogen-bond acceptors (Lipinski definition) is 3. The molecule has 1 N–H and O–H groups in total. The minimum Gasteiger partial charge on any atom is -0.361 e. The zero-order chi connectivity index (χ0) is 13.1. The zero-order valence-corrected chi connectivity index (χ0v) is 12.4. The molecule has 0 aliphatic carbocycles. The van der Waals surface area contributed by atoms with Crippen molar-refractivity contribution in [3.05, 3.63) is 49.9 Å². The molecule has 1 aromatic heterocycles. The Morgan fingerprint density at radius 2 is 2.28 bits per heavy atom. The summed E-state index contributed by atoms with van der Waals surface area (Å²) in [5.41, 5.74) is 1.22. The number of halogens is 2. The molecule has 0 radical (unpaired) electrons. The van der Waals surface area contributed by atoms with E-state index in [0.717, 1.165) is 9.33 Å². The van der Waals surface area contributed by atoms with E-state index in [1.807, 2.05) is 0 Å². The summed E-state index contributed by atoms with van der Waals surface area (Å²) in [6, 6.07) is 6.96. The molecule has 0 fully saturated rings. The maximum absolute atomic E-state index is 11.9. The molecule has 94 valence electrons. The van der Waals surface area contributed by atoms with E-state index in [0.29, 0.717) is 22.8 Å². The second-order valence-electron chi connectivity index (χ2n) is 3.74. The van der Waals surface area contributed by atoms with E-state index in [4.69, 9.17) is 16.1 Å². The Morgan fingerprint density at radius 1 is 1.50 bits per heavy atom. The van der Waals surface area contributed by atoms with E-state index in [9.17, 15) is 4.79 Å². The van der Waals surface area contributed by atoms with E-state index in [1.165, 1.54) is 0 Å². The molecule has 0 saturated carbocycles. The Balaban J connectivity index is 2.01. The van der Waals surface area contributed by atoms with Gasteiger partial charge in [0.1, 0.15) is 11.5 Å². The molecule has 0 aliphatic rings. The molecule has 18 heavy (non-hydrogen) atoms. The summed E-state index contributed by atoms with van der Waals surface area (Å²) in [6.45, 7) is 2.14. The molecule has 1 aromatic carbocycles. The van der Waals surface area contributed by atoms with Crippen molar-refractivity contribution in [3.63, 3.8) is 0 Å². The van der Waals surface area contributed by atoms with Gasteiger partial charge in [0.2, 0.25) is 0 Å². The molecular formula is C12H10ClIN2O2. The molecule has 0 unspecified atom stereocenters. The predicted octanol–water partition coefficient (Wildman–Crippen LogP) is 3.17. The number of benzene rings is 1. The second kappa shape index (κ2) is 5.71. The predicted molar refractivity (Wildman–Crippen MR) is 76.6 cm³/mol. The van der Waals surface area contributed by atoms with Crippen LogP contribution in [0.4, 0.5) is 0 Å². The van der Waals surface area contributed by atoms with Crippen LogP contribution in [-0.2, 0) is 6.54 Å². The van der Waals surface area contributed by atoms with Crippen molar-refractivity contribution in [2.75, 3.05) is 0 Å². The highest BCUT2D eigenvalue weighted by molar-refractivity contribution is 14.1. The fourth-order valence-electron chi connectivity index (χ4n) is 1.41. The monoisotopic (exact) mass is 376 g/mol. The number of hydrogen-bond donors (Lipinski definition) is 1. The summed E-state index contributed by atoms with van der Waals surface area (Å²) in [5, 5.41) is 7.12. The molecule has 0 saturated heterocycles. The van der Waals surface area contributed by atoms with E-state index in [1.54, 1.807) is 31.2 Å². The lowest BCUT2D eigenvalue weighted by Crippen LogP contribution is -2.22. The van der Waals surface area contributed by atoms with Crippen molar-refractivity contribution in [2.45, 2.75) is 13.5 Å². The number of nitrogens with one attached hydrogen (secondary N) is 1. The Kier molecular flexibility index (Phi) is 4.23. The van der Waals surface area contributed by atoms with Crippen LogP contribution in [-0.4, -0.2) is 11.1 Å². The second-order valence-corrected chi connectivity index (χ2v) is 5.31. The van der Waals surface area contributed by atoms with Gasteiger partial charge in [-0.15, -0.1) is 0 Å². The van der Waals surface area contributed by atoms with E-state index in [2.05, 4.69) is 33.1 Å². The highest BCUT2D eigenvalue weighted by atomic mass is 127. The summed E-state index contributed by atoms with van der Waals surface area (Å²) in [4.78, 5) is 11.9. The van der Waals surface area contributed by atoms with Crippen LogP contribution in [0.2, 0.25) is 5.02 Å². The molecule has 1 amide bonds. The molecule has 1 heterocycles. The van der Waals surface area contributed by atoms with Crippen LogP contribution in [0.1, 0.15) is 21.8 Å². The zero-order valence-electron chi connectivity index (χ0n) is 9.54. The van der Waals surface area contributed by atoms with Crippen LogP contribution in [0.5, 0.6) is 0 Å². The quantitative estimate of drug-likeness (QED) is 0.837. The Labute approximate surface area is 123 Å². The van der Waals surface area contributed by atoms with Gasteiger partial charge in [0.15, 0.2) is 0 Å². The van der Waals surface area contributed by atoms with Gasteiger partial charge in [-0.3, -0.25) is 4.79 Å². The largest absolute Gasteiger partial charge is 0.361 e. The number of amides is 1. The third-order valence-electron chi connectivity index (χ3n) is 2.29. The molecule has 6 heteroatoms. The van der Waals surface area contributed by atoms with Crippen molar-refractivity contribution in [3.8, 4) is 0 Å². The highest BCUT2D eigenvalue weighted by Gasteiger charge is 2.08. The maximum atomic E-state index is 11.9. The first kappa shape index (κ1) is 13.4. The Bertz CT molecular complexity index is 583. The van der Waals surface area contributed by atoms with Crippen LogP contribution in [0.3, 0.4) is 0 Å². The Morgan fingerprint density at radius 3 is 2.89 bits per heavy atom. The SMILES string of the molecule is Cc1cc(CNC(=O)c2ccc(I)c(Cl)c2)no1. The molecule has 0 bridgehead atoms. The van der Waals surface area contributed by atoms with E-state index in [-0.39, 0.29) is 5.91 Å². The maximum Gasteiger partial charge on any atom is 0.251 e. The summed E-state index contributed by atoms with van der Waals surface area (Å²) in [5.74, 6) is 0.533. The average Bonchev–Trinajstić information content (AvgIpc) is 2.75. The number of nitrogens with zero attached hydrogens (tertiary/aromatic N) is 1. The highest BCUT2D eigenvalue weighted by Crippen LogP contribution is 2.19. The number of aromatic nitrogens is 1. The van der Waals surface area contributed by atoms with Crippen LogP contribution in [0.15, 0.2) is 28.8 Å². The topological polar surface area (TPSA) is 55.1 Å². The van der Waals surface area contributed by atoms with Crippen LogP contribution in [0, 0.1) is 10.5 Å². The van der Waals surface area contributed by atoms with Gasteiger partial charge in [-0.2, -0.15) is 0 Å². The number of rotatable bonds is 3. The fourth-order valence-corrected chi connectivity index (χ4v) is 1.93. The first-order valence-electron chi connectivity index (χ1n) is 5.21. The van der Waals surface area contributed by atoms with Crippen LogP contribution >= 0.6 is 34.2 Å². The standard InChI is InChI=1S/C12H10ClIN2O2/c1-7-4-9(16-18-7)6-15-12(17)8-2-3-11(14)10(13)5-8/h2-5H,6H2,1H3,(H,15,17). The number of aryl methyl sites for hydroxylation is 1. The lowest BCUT2D eigenvalue weighted by atomic mass is 10.2. The van der Waals surface area contributed by atoms with E-state index < -0.39 is 0 Å². The molecule has 0 atom stereocenters. The summed E-state index contributed by atoms with van der Waals surface area (Å²) in [7, 11) is 0. The van der Waals surface area contributed by atoms with Gasteiger partial charge in [0, 0.05) is 15.2 Å². The minimum absolute atomic E-state index is 0.186. The average molecular weight is 377 g/mol. The summed E-state index contributed by atoms with van der Waals surface area (Å²) < 4.78 is 5.83. The normalized spacial score (nSPS) is 10.4. The summed E-state index contributed by atoms with van der Waals surface area (Å²) in [6.07, 6.45) is 0. The molecule has 0 aliphatic heterocycles. The van der Waals surface area contributed by atoms with Crippen LogP contribution < -0.4 is 5.32 Å². The third-order valence-corrected chi connectivity index (χ3v) is 3.86. The molecule has 2 aromatic rings. The van der Waals surface area contributed by atoms with Crippen LogP contribution in [0.25, 0.3) is 0 Å². The van der Waals surface area contributed by atoms with Gasteiger partial charge in [-0.05, 0) is 47.7 Å². The molecule has 4 nitrogen and oxygen atoms in total. The Hall–Kier alpha value is -1.08. The van der Waals surface area contributed by atoms with Gasteiger partial charge in [-0.25, -0.2) is 0 Å². The third kappa shape index (κ3) is 3.23. The van der Waals surface area contributed by atoms with Crippen molar-refractivity contribution in [1.29, 1.82) is 0 Å². The molecule has 2 rings (SSSR count). The van der Waals surface area contributed by atoms with Crippen molar-refractivity contribution in [1.82, 2.24) is 10.5 Å². The van der Waals surface area contributed by atoms with E-state index >= 15 is 0 Å². The van der Waals surface area contributed by atoms with Gasteiger partial charge >= 0.3 is 0 Å². The minimum atomic E-state index is -0.186. The first-order valence-corrected chi connectivity index (χ1v) is 6.67. The van der Waals surface area contributed by atoms with Gasteiger partial charge < -0.3 is 9.84 Å². The van der Waals surface area contributed by atoms with Crippen molar-refractivity contribution < 1.29 is 9.32 Å².